The van der Waals surface area contributed by atoms with E-state index in [9.17, 15) is 0 Å². The van der Waals surface area contributed by atoms with E-state index in [0.717, 1.165) is 5.69 Å². The van der Waals surface area contributed by atoms with Crippen molar-refractivity contribution in [2.75, 3.05) is 6.54 Å². The van der Waals surface area contributed by atoms with Gasteiger partial charge in [0.15, 0.2) is 0 Å². The molecule has 0 aliphatic rings. The molecule has 1 unspecified atom stereocenters. The first kappa shape index (κ1) is 11.9. The standard InChI is InChI=1S/C14H19N3/c1-10-14(11(2)17(3)16-10)13(9-15)12-7-5-4-6-8-12/h4-8,13H,9,15H2,1-3H3. The van der Waals surface area contributed by atoms with Crippen molar-refractivity contribution in [2.24, 2.45) is 12.8 Å². The Morgan fingerprint density at radius 3 is 2.35 bits per heavy atom. The molecule has 3 nitrogen and oxygen atoms in total. The molecule has 90 valence electrons. The summed E-state index contributed by atoms with van der Waals surface area (Å²) in [6.45, 7) is 4.76. The predicted molar refractivity (Wildman–Crippen MR) is 70.0 cm³/mol. The molecule has 3 heteroatoms. The first-order valence-electron chi connectivity index (χ1n) is 5.90. The Hall–Kier alpha value is -1.61. The zero-order valence-corrected chi connectivity index (χ0v) is 10.6. The lowest BCUT2D eigenvalue weighted by atomic mass is 9.90. The quantitative estimate of drug-likeness (QED) is 0.876. The van der Waals surface area contributed by atoms with Crippen LogP contribution in [-0.4, -0.2) is 16.3 Å². The summed E-state index contributed by atoms with van der Waals surface area (Å²) in [7, 11) is 1.98. The molecule has 2 aromatic rings. The van der Waals surface area contributed by atoms with Crippen LogP contribution in [0.5, 0.6) is 0 Å². The summed E-state index contributed by atoms with van der Waals surface area (Å²) >= 11 is 0. The summed E-state index contributed by atoms with van der Waals surface area (Å²) in [6.07, 6.45) is 0. The van der Waals surface area contributed by atoms with Gasteiger partial charge in [-0.15, -0.1) is 0 Å². The fraction of sp³-hybridized carbons (Fsp3) is 0.357. The molecular weight excluding hydrogens is 210 g/mol. The van der Waals surface area contributed by atoms with Gasteiger partial charge in [-0.05, 0) is 19.4 Å². The fourth-order valence-electron chi connectivity index (χ4n) is 2.40. The molecule has 0 fully saturated rings. The van der Waals surface area contributed by atoms with E-state index in [1.807, 2.05) is 24.7 Å². The molecule has 1 aromatic carbocycles. The summed E-state index contributed by atoms with van der Waals surface area (Å²) in [5, 5.41) is 4.47. The second-order valence-corrected chi connectivity index (χ2v) is 4.41. The van der Waals surface area contributed by atoms with Gasteiger partial charge in [-0.2, -0.15) is 5.10 Å². The Labute approximate surface area is 102 Å². The molecule has 0 aliphatic heterocycles. The van der Waals surface area contributed by atoms with Gasteiger partial charge in [0.05, 0.1) is 5.69 Å². The minimum atomic E-state index is 0.241. The molecule has 2 N–H and O–H groups in total. The number of aryl methyl sites for hydroxylation is 2. The number of nitrogens with zero attached hydrogens (tertiary/aromatic N) is 2. The second kappa shape index (κ2) is 4.72. The zero-order chi connectivity index (χ0) is 12.4. The molecule has 17 heavy (non-hydrogen) atoms. The first-order valence-corrected chi connectivity index (χ1v) is 5.90. The Kier molecular flexibility index (Phi) is 3.29. The van der Waals surface area contributed by atoms with Gasteiger partial charge in [-0.1, -0.05) is 30.3 Å². The van der Waals surface area contributed by atoms with Crippen LogP contribution in [0.4, 0.5) is 0 Å². The topological polar surface area (TPSA) is 43.8 Å². The van der Waals surface area contributed by atoms with E-state index < -0.39 is 0 Å². The Morgan fingerprint density at radius 1 is 1.24 bits per heavy atom. The van der Waals surface area contributed by atoms with Crippen LogP contribution in [0.25, 0.3) is 0 Å². The maximum absolute atomic E-state index is 5.95. The molecule has 0 aliphatic carbocycles. The average molecular weight is 229 g/mol. The molecule has 1 heterocycles. The summed E-state index contributed by atoms with van der Waals surface area (Å²) in [6, 6.07) is 10.4. The van der Waals surface area contributed by atoms with Crippen LogP contribution in [-0.2, 0) is 7.05 Å². The third-order valence-electron chi connectivity index (χ3n) is 3.35. The number of rotatable bonds is 3. The summed E-state index contributed by atoms with van der Waals surface area (Å²) in [5.74, 6) is 0.241. The minimum Gasteiger partial charge on any atom is -0.330 e. The highest BCUT2D eigenvalue weighted by molar-refractivity contribution is 5.38. The SMILES string of the molecule is Cc1nn(C)c(C)c1C(CN)c1ccccc1. The molecule has 0 saturated carbocycles. The monoisotopic (exact) mass is 229 g/mol. The van der Waals surface area contributed by atoms with Crippen LogP contribution in [0.2, 0.25) is 0 Å². The van der Waals surface area contributed by atoms with E-state index in [0.29, 0.717) is 6.54 Å². The lowest BCUT2D eigenvalue weighted by Gasteiger charge is -2.16. The van der Waals surface area contributed by atoms with E-state index in [4.69, 9.17) is 5.73 Å². The summed E-state index contributed by atoms with van der Waals surface area (Å²) in [5.41, 5.74) is 10.7. The van der Waals surface area contributed by atoms with Crippen LogP contribution in [0.1, 0.15) is 28.4 Å². The van der Waals surface area contributed by atoms with Crippen molar-refractivity contribution in [3.05, 3.63) is 52.8 Å². The largest absolute Gasteiger partial charge is 0.330 e. The van der Waals surface area contributed by atoms with Gasteiger partial charge in [-0.25, -0.2) is 0 Å². The third-order valence-corrected chi connectivity index (χ3v) is 3.35. The van der Waals surface area contributed by atoms with Crippen molar-refractivity contribution in [2.45, 2.75) is 19.8 Å². The molecule has 2 rings (SSSR count). The van der Waals surface area contributed by atoms with E-state index in [2.05, 4.69) is 36.3 Å². The van der Waals surface area contributed by atoms with Crippen LogP contribution >= 0.6 is 0 Å². The van der Waals surface area contributed by atoms with Crippen LogP contribution < -0.4 is 5.73 Å². The molecule has 0 spiro atoms. The van der Waals surface area contributed by atoms with Crippen molar-refractivity contribution in [3.63, 3.8) is 0 Å². The third kappa shape index (κ3) is 2.11. The summed E-state index contributed by atoms with van der Waals surface area (Å²) in [4.78, 5) is 0. The molecule has 0 bridgehead atoms. The highest BCUT2D eigenvalue weighted by Gasteiger charge is 2.20. The van der Waals surface area contributed by atoms with Crippen molar-refractivity contribution in [1.29, 1.82) is 0 Å². The molecule has 1 atom stereocenters. The Balaban J connectivity index is 2.50. The number of benzene rings is 1. The van der Waals surface area contributed by atoms with E-state index >= 15 is 0 Å². The first-order chi connectivity index (χ1) is 8.15. The van der Waals surface area contributed by atoms with Gasteiger partial charge in [0.25, 0.3) is 0 Å². The highest BCUT2D eigenvalue weighted by Crippen LogP contribution is 2.28. The Bertz CT molecular complexity index is 500. The van der Waals surface area contributed by atoms with Crippen LogP contribution in [0, 0.1) is 13.8 Å². The predicted octanol–water partition coefficient (Wildman–Crippen LogP) is 2.13. The number of hydrogen-bond acceptors (Lipinski definition) is 2. The molecular formula is C14H19N3. The van der Waals surface area contributed by atoms with Crippen molar-refractivity contribution >= 4 is 0 Å². The Morgan fingerprint density at radius 2 is 1.88 bits per heavy atom. The second-order valence-electron chi connectivity index (χ2n) is 4.41. The lowest BCUT2D eigenvalue weighted by molar-refractivity contribution is 0.727. The fourth-order valence-corrected chi connectivity index (χ4v) is 2.40. The van der Waals surface area contributed by atoms with Gasteiger partial charge in [-0.3, -0.25) is 4.68 Å². The van der Waals surface area contributed by atoms with Crippen LogP contribution in [0.15, 0.2) is 30.3 Å². The lowest BCUT2D eigenvalue weighted by Crippen LogP contribution is -2.15. The maximum atomic E-state index is 5.95. The van der Waals surface area contributed by atoms with Crippen molar-refractivity contribution in [3.8, 4) is 0 Å². The highest BCUT2D eigenvalue weighted by atomic mass is 15.3. The van der Waals surface area contributed by atoms with Gasteiger partial charge < -0.3 is 5.73 Å². The normalized spacial score (nSPS) is 12.7. The smallest absolute Gasteiger partial charge is 0.0635 e. The van der Waals surface area contributed by atoms with Crippen molar-refractivity contribution < 1.29 is 0 Å². The van der Waals surface area contributed by atoms with Gasteiger partial charge in [0.2, 0.25) is 0 Å². The number of nitrogens with two attached hydrogens (primary N) is 1. The molecule has 0 saturated heterocycles. The number of hydrogen-bond donors (Lipinski definition) is 1. The average Bonchev–Trinajstić information content (AvgIpc) is 2.58. The van der Waals surface area contributed by atoms with Crippen molar-refractivity contribution in [1.82, 2.24) is 9.78 Å². The zero-order valence-electron chi connectivity index (χ0n) is 10.6. The summed E-state index contributed by atoms with van der Waals surface area (Å²) < 4.78 is 1.93. The maximum Gasteiger partial charge on any atom is 0.0635 e. The minimum absolute atomic E-state index is 0.241. The van der Waals surface area contributed by atoms with Crippen LogP contribution in [0.3, 0.4) is 0 Å². The molecule has 0 radical (unpaired) electrons. The molecule has 1 aromatic heterocycles. The van der Waals surface area contributed by atoms with E-state index in [1.165, 1.54) is 16.8 Å². The van der Waals surface area contributed by atoms with Gasteiger partial charge in [0.1, 0.15) is 0 Å². The molecule has 0 amide bonds. The van der Waals surface area contributed by atoms with E-state index in [1.54, 1.807) is 0 Å². The van der Waals surface area contributed by atoms with Gasteiger partial charge in [0, 0.05) is 30.8 Å². The number of aromatic nitrogens is 2. The van der Waals surface area contributed by atoms with Gasteiger partial charge >= 0.3 is 0 Å². The van der Waals surface area contributed by atoms with E-state index in [-0.39, 0.29) is 5.92 Å².